The summed E-state index contributed by atoms with van der Waals surface area (Å²) in [4.78, 5) is 0. The molecule has 0 aliphatic carbocycles. The summed E-state index contributed by atoms with van der Waals surface area (Å²) in [7, 11) is 0. The summed E-state index contributed by atoms with van der Waals surface area (Å²) in [6, 6.07) is 0. The van der Waals surface area contributed by atoms with Crippen molar-refractivity contribution in [1.82, 2.24) is 0 Å². The van der Waals surface area contributed by atoms with Gasteiger partial charge in [0.2, 0.25) is 0 Å². The molecule has 0 bridgehead atoms. The summed E-state index contributed by atoms with van der Waals surface area (Å²) in [6.45, 7) is 14.8. The Morgan fingerprint density at radius 1 is 1.00 bits per heavy atom. The van der Waals surface area contributed by atoms with Gasteiger partial charge in [-0.05, 0) is 17.8 Å². The van der Waals surface area contributed by atoms with E-state index in [0.29, 0.717) is 17.4 Å². The van der Waals surface area contributed by atoms with Gasteiger partial charge in [-0.1, -0.05) is 41.5 Å². The molecule has 1 heteroatoms. The Labute approximate surface area is 82.9 Å². The lowest BCUT2D eigenvalue weighted by molar-refractivity contribution is -0.246. The Balaban J connectivity index is 2.81. The minimum absolute atomic E-state index is 0.439. The van der Waals surface area contributed by atoms with E-state index in [1.807, 2.05) is 0 Å². The van der Waals surface area contributed by atoms with Crippen LogP contribution in [0.2, 0.25) is 0 Å². The van der Waals surface area contributed by atoms with Gasteiger partial charge in [0.15, 0.2) is 0 Å². The molecule has 0 saturated carbocycles. The van der Waals surface area contributed by atoms with Gasteiger partial charge in [-0.3, -0.25) is 0 Å². The average molecular weight is 184 g/mol. The maximum Gasteiger partial charge on any atom is 0.0681 e. The third kappa shape index (κ3) is 1.52. The van der Waals surface area contributed by atoms with Crippen LogP contribution in [0.15, 0.2) is 0 Å². The highest BCUT2D eigenvalue weighted by atomic mass is 16.5. The Hall–Kier alpha value is -0.0400. The van der Waals surface area contributed by atoms with E-state index in [0.717, 1.165) is 18.4 Å². The Kier molecular flexibility index (Phi) is 3.06. The first-order valence-corrected chi connectivity index (χ1v) is 5.54. The predicted molar refractivity (Wildman–Crippen MR) is 56.7 cm³/mol. The lowest BCUT2D eigenvalue weighted by atomic mass is 9.60. The molecule has 1 atom stereocenters. The van der Waals surface area contributed by atoms with Crippen molar-refractivity contribution in [3.8, 4) is 0 Å². The van der Waals surface area contributed by atoms with Crippen molar-refractivity contribution in [3.63, 3.8) is 0 Å². The van der Waals surface area contributed by atoms with Crippen LogP contribution in [0.1, 0.15) is 41.5 Å². The fourth-order valence-corrected chi connectivity index (χ4v) is 2.84. The number of ether oxygens (including phenoxy) is 1. The molecule has 1 fully saturated rings. The standard InChI is InChI=1S/C12H24O/c1-8(2)11-12(7-13-11,9(3)4)10(5)6/h8-11H,7H2,1-6H3. The van der Waals surface area contributed by atoms with Crippen LogP contribution in [0, 0.1) is 23.2 Å². The zero-order valence-corrected chi connectivity index (χ0v) is 9.92. The molecule has 1 heterocycles. The van der Waals surface area contributed by atoms with Crippen LogP contribution in [0.5, 0.6) is 0 Å². The minimum atomic E-state index is 0.439. The third-order valence-corrected chi connectivity index (χ3v) is 3.80. The molecule has 0 amide bonds. The largest absolute Gasteiger partial charge is 0.377 e. The number of rotatable bonds is 3. The normalized spacial score (nSPS) is 27.0. The van der Waals surface area contributed by atoms with Crippen LogP contribution >= 0.6 is 0 Å². The molecule has 1 unspecified atom stereocenters. The van der Waals surface area contributed by atoms with Gasteiger partial charge in [-0.15, -0.1) is 0 Å². The first-order valence-electron chi connectivity index (χ1n) is 5.54. The van der Waals surface area contributed by atoms with Crippen LogP contribution in [0.25, 0.3) is 0 Å². The van der Waals surface area contributed by atoms with E-state index in [1.165, 1.54) is 0 Å². The summed E-state index contributed by atoms with van der Waals surface area (Å²) in [5.41, 5.74) is 0.439. The third-order valence-electron chi connectivity index (χ3n) is 3.80. The van der Waals surface area contributed by atoms with Gasteiger partial charge in [-0.2, -0.15) is 0 Å². The Morgan fingerprint density at radius 3 is 1.54 bits per heavy atom. The van der Waals surface area contributed by atoms with E-state index in [1.54, 1.807) is 0 Å². The van der Waals surface area contributed by atoms with Crippen molar-refractivity contribution in [2.75, 3.05) is 6.61 Å². The zero-order chi connectivity index (χ0) is 10.2. The van der Waals surface area contributed by atoms with Gasteiger partial charge >= 0.3 is 0 Å². The van der Waals surface area contributed by atoms with Gasteiger partial charge in [0.1, 0.15) is 0 Å². The summed E-state index contributed by atoms with van der Waals surface area (Å²) >= 11 is 0. The van der Waals surface area contributed by atoms with Gasteiger partial charge in [0, 0.05) is 5.41 Å². The van der Waals surface area contributed by atoms with Crippen molar-refractivity contribution in [2.45, 2.75) is 47.6 Å². The number of hydrogen-bond donors (Lipinski definition) is 0. The maximum absolute atomic E-state index is 5.73. The maximum atomic E-state index is 5.73. The molecule has 0 spiro atoms. The monoisotopic (exact) mass is 184 g/mol. The van der Waals surface area contributed by atoms with Crippen LogP contribution < -0.4 is 0 Å². The summed E-state index contributed by atoms with van der Waals surface area (Å²) < 4.78 is 5.73. The van der Waals surface area contributed by atoms with E-state index in [9.17, 15) is 0 Å². The topological polar surface area (TPSA) is 9.23 Å². The number of hydrogen-bond acceptors (Lipinski definition) is 1. The van der Waals surface area contributed by atoms with Crippen LogP contribution in [0.3, 0.4) is 0 Å². The van der Waals surface area contributed by atoms with E-state index < -0.39 is 0 Å². The molecule has 0 aromatic carbocycles. The summed E-state index contributed by atoms with van der Waals surface area (Å²) in [5, 5.41) is 0. The van der Waals surface area contributed by atoms with Gasteiger partial charge < -0.3 is 4.74 Å². The lowest BCUT2D eigenvalue weighted by Gasteiger charge is -2.56. The molecule has 0 N–H and O–H groups in total. The molecule has 0 aromatic heterocycles. The quantitative estimate of drug-likeness (QED) is 0.653. The van der Waals surface area contributed by atoms with Gasteiger partial charge in [-0.25, -0.2) is 0 Å². The first kappa shape index (κ1) is 11.0. The molecule has 78 valence electrons. The molecule has 13 heavy (non-hydrogen) atoms. The zero-order valence-electron chi connectivity index (χ0n) is 9.92. The average Bonchev–Trinajstić information content (AvgIpc) is 1.80. The molecular weight excluding hydrogens is 160 g/mol. The minimum Gasteiger partial charge on any atom is -0.377 e. The van der Waals surface area contributed by atoms with Crippen LogP contribution in [-0.4, -0.2) is 12.7 Å². The fourth-order valence-electron chi connectivity index (χ4n) is 2.84. The van der Waals surface area contributed by atoms with Crippen molar-refractivity contribution in [2.24, 2.45) is 23.2 Å². The lowest BCUT2D eigenvalue weighted by Crippen LogP contribution is -2.60. The van der Waals surface area contributed by atoms with E-state index in [-0.39, 0.29) is 0 Å². The second-order valence-corrected chi connectivity index (χ2v) is 5.40. The van der Waals surface area contributed by atoms with Crippen LogP contribution in [0.4, 0.5) is 0 Å². The highest BCUT2D eigenvalue weighted by molar-refractivity contribution is 5.00. The second-order valence-electron chi connectivity index (χ2n) is 5.40. The smallest absolute Gasteiger partial charge is 0.0681 e. The Bertz CT molecular complexity index is 162. The van der Waals surface area contributed by atoms with E-state index in [2.05, 4.69) is 41.5 Å². The molecule has 0 aromatic rings. The summed E-state index contributed by atoms with van der Waals surface area (Å²) in [5.74, 6) is 2.11. The van der Waals surface area contributed by atoms with E-state index in [4.69, 9.17) is 4.74 Å². The van der Waals surface area contributed by atoms with Crippen molar-refractivity contribution < 1.29 is 4.74 Å². The first-order chi connectivity index (χ1) is 5.93. The molecule has 1 rings (SSSR count). The second kappa shape index (κ2) is 3.61. The summed E-state index contributed by atoms with van der Waals surface area (Å²) in [6.07, 6.45) is 0.479. The van der Waals surface area contributed by atoms with E-state index >= 15 is 0 Å². The molecule has 1 aliphatic heterocycles. The highest BCUT2D eigenvalue weighted by Crippen LogP contribution is 2.50. The molecule has 1 saturated heterocycles. The Morgan fingerprint density at radius 2 is 1.46 bits per heavy atom. The highest BCUT2D eigenvalue weighted by Gasteiger charge is 2.53. The van der Waals surface area contributed by atoms with Crippen molar-refractivity contribution >= 4 is 0 Å². The van der Waals surface area contributed by atoms with Gasteiger partial charge in [0.25, 0.3) is 0 Å². The predicted octanol–water partition coefficient (Wildman–Crippen LogP) is 3.34. The molecule has 0 radical (unpaired) electrons. The van der Waals surface area contributed by atoms with Crippen LogP contribution in [-0.2, 0) is 4.74 Å². The SMILES string of the molecule is CC(C)C1OCC1(C(C)C)C(C)C. The van der Waals surface area contributed by atoms with Crippen molar-refractivity contribution in [3.05, 3.63) is 0 Å². The van der Waals surface area contributed by atoms with Crippen molar-refractivity contribution in [1.29, 1.82) is 0 Å². The molecule has 1 aliphatic rings. The van der Waals surface area contributed by atoms with Gasteiger partial charge in [0.05, 0.1) is 12.7 Å². The molecular formula is C12H24O. The molecule has 1 nitrogen and oxygen atoms in total. The fraction of sp³-hybridized carbons (Fsp3) is 1.00.